The Bertz CT molecular complexity index is 6970. The van der Waals surface area contributed by atoms with Crippen LogP contribution in [0, 0.1) is 11.7 Å². The molecule has 8 aromatic carbocycles. The summed E-state index contributed by atoms with van der Waals surface area (Å²) in [7, 11) is 9.94. The lowest BCUT2D eigenvalue weighted by molar-refractivity contribution is 0.0126. The average Bonchev–Trinajstić information content (AvgIpc) is 1.61. The molecule has 13 aromatic rings. The molecule has 3 fully saturated rings. The summed E-state index contributed by atoms with van der Waals surface area (Å²) >= 11 is 5.92. The van der Waals surface area contributed by atoms with E-state index in [0.29, 0.717) is 68.3 Å². The highest BCUT2D eigenvalue weighted by molar-refractivity contribution is 7.80. The van der Waals surface area contributed by atoms with E-state index >= 15 is 0 Å². The summed E-state index contributed by atoms with van der Waals surface area (Å²) in [5.74, 6) is 3.01. The molecule has 26 nitrogen and oxygen atoms in total. The van der Waals surface area contributed by atoms with Crippen LogP contribution in [-0.2, 0) is 57.0 Å². The number of halogens is 7. The molecule has 34 heteroatoms. The van der Waals surface area contributed by atoms with Crippen molar-refractivity contribution in [2.75, 3.05) is 82.6 Å². The molecule has 11 aliphatic rings. The van der Waals surface area contributed by atoms with Crippen molar-refractivity contribution in [2.24, 2.45) is 30.9 Å². The number of rotatable bonds is 21. The lowest BCUT2D eigenvalue weighted by atomic mass is 10.0. The Morgan fingerprint density at radius 1 is 0.401 bits per heavy atom. The fourth-order valence-electron chi connectivity index (χ4n) is 21.2. The van der Waals surface area contributed by atoms with Crippen LogP contribution in [0.15, 0.2) is 262 Å². The Hall–Kier alpha value is -14.7. The molecule has 0 spiro atoms. The third-order valence-corrected chi connectivity index (χ3v) is 29.0. The van der Waals surface area contributed by atoms with Crippen LogP contribution in [0.5, 0.6) is 0 Å². The van der Waals surface area contributed by atoms with E-state index in [4.69, 9.17) is 52.6 Å². The summed E-state index contributed by atoms with van der Waals surface area (Å²) in [6, 6.07) is 73.4. The number of alkyl halides is 6. The third-order valence-electron chi connectivity index (χ3n) is 28.5. The largest absolute Gasteiger partial charge is 0.341 e. The molecular weight excluding hydrogens is 1830 g/mol. The molecule has 8 aliphatic heterocycles. The molecule has 730 valence electrons. The molecular formula is C108H113F7N26S. The van der Waals surface area contributed by atoms with Gasteiger partial charge >= 0.3 is 0 Å². The number of benzene rings is 8. The Kier molecular flexibility index (Phi) is 25.1. The molecule has 0 bridgehead atoms. The normalized spacial score (nSPS) is 20.1. The Morgan fingerprint density at radius 3 is 1.25 bits per heavy atom. The first-order valence-corrected chi connectivity index (χ1v) is 49.1. The molecule has 0 radical (unpaired) electrons. The third kappa shape index (κ3) is 18.3. The number of guanidine groups is 4. The van der Waals surface area contributed by atoms with Gasteiger partial charge in [0, 0.05) is 96.1 Å². The van der Waals surface area contributed by atoms with Crippen LogP contribution in [0.25, 0.3) is 11.1 Å². The van der Waals surface area contributed by atoms with Gasteiger partial charge in [0.1, 0.15) is 51.2 Å². The van der Waals surface area contributed by atoms with Crippen LogP contribution in [0.2, 0.25) is 0 Å². The molecule has 0 saturated heterocycles. The van der Waals surface area contributed by atoms with Gasteiger partial charge in [0.15, 0.2) is 23.3 Å². The zero-order valence-electron chi connectivity index (χ0n) is 80.8. The number of amidine groups is 1. The number of nitrogens with zero attached hydrogens (tertiary/aromatic N) is 22. The highest BCUT2D eigenvalue weighted by Gasteiger charge is 2.52. The van der Waals surface area contributed by atoms with Crippen LogP contribution < -0.4 is 40.9 Å². The zero-order valence-corrected chi connectivity index (χ0v) is 81.7. The quantitative estimate of drug-likeness (QED) is 0.0388. The highest BCUT2D eigenvalue weighted by atomic mass is 32.1. The number of aliphatic imine (C=N–C) groups is 5. The lowest BCUT2D eigenvalue weighted by Gasteiger charge is -2.36. The first kappa shape index (κ1) is 93.6. The lowest BCUT2D eigenvalue weighted by Crippen LogP contribution is -2.51. The number of aromatic nitrogens is 9. The molecule has 3 saturated carbocycles. The van der Waals surface area contributed by atoms with E-state index < -0.39 is 17.8 Å². The maximum Gasteiger partial charge on any atom is 0.286 e. The number of fused-ring (bicyclic) bond motifs is 18. The van der Waals surface area contributed by atoms with Crippen LogP contribution in [0.1, 0.15) is 154 Å². The number of nitrogens with one attached hydrogen (secondary N) is 4. The summed E-state index contributed by atoms with van der Waals surface area (Å²) in [5.41, 5.74) is 13.5. The number of pyridine rings is 1. The van der Waals surface area contributed by atoms with Gasteiger partial charge < -0.3 is 36.0 Å². The standard InChI is InChI=1S/C31H30FN7.C26H26F2N6S.C26H30F2N6.C25H27F2N7/c1-33-28-27-29(34-24-17-15-23(32)16-18-24)38(19-20-11-13-22(14-12-20)21-7-4-3-5-8-21)36-30(27)39-26-10-6-9-25(26)35-31(39)37(28)2;1-26(27,28)17-13-11-16(12-14-17)15-33-22(29-18-7-4-3-5-8-18)21-23(31-33)34-20-10-6-9-19(20)30-25(34)32(2)24(21)35;1-17(2)22-16-33-24-21(15-32(4)25(33)30-22)23(29-20-8-6-5-7-9-20)34(31-24)14-18-10-12-19(13-11-18)26(3,27)28;1-25(26,27)21-12-11-16(13-28-21)14-33-22(29-17-7-4-3-5-8-17)18-15-32(2)24-30-19-9-6-10-20(19)34(24)23(18)31-33/h3-5,7-8,11-18,25-26,34H,6,9-10,19H2,1-2H3;3-5,7-8,11-14,19-20,29H,6,9-10,15H2,1-2H3;5-13,17,22,29H,14-16H2,1-4H3;3-5,7-8,11-13,19-20,29H,6,9-10,14-15H2,1-2H3/t;19-,20+;22-;19-,20+/m.001/s1. The second-order valence-corrected chi connectivity index (χ2v) is 39.3. The van der Waals surface area contributed by atoms with Crippen molar-refractivity contribution in [3.63, 3.8) is 0 Å². The fraction of sp³-hybridized carbons (Fsp3) is 0.343. The molecule has 5 aromatic heterocycles. The van der Waals surface area contributed by atoms with E-state index in [9.17, 15) is 30.7 Å². The average molecular weight is 1940 g/mol. The van der Waals surface area contributed by atoms with Crippen LogP contribution in [0.4, 0.5) is 100 Å². The van der Waals surface area contributed by atoms with E-state index in [1.807, 2.05) is 142 Å². The smallest absolute Gasteiger partial charge is 0.286 e. The van der Waals surface area contributed by atoms with E-state index in [0.717, 1.165) is 216 Å². The molecule has 142 heavy (non-hydrogen) atoms. The van der Waals surface area contributed by atoms with E-state index in [1.165, 1.54) is 72.6 Å². The van der Waals surface area contributed by atoms with Gasteiger partial charge in [0.25, 0.3) is 17.8 Å². The van der Waals surface area contributed by atoms with Gasteiger partial charge in [-0.1, -0.05) is 190 Å². The SMILES string of the molecule is CC(C)[C@@H]1CN2C(=N1)N(C)Cc1c2nn(Cc2ccc(C(C)(F)F)cc2)c1Nc1ccccc1.CN1C(=S)c2c(nn(Cc3ccc(C(C)(F)F)cc3)c2Nc2ccccc2)N2C1=N[C@H]1CCC[C@H]12.CN1Cc2c(nn(Cc3ccc(C(C)(F)F)nc3)c2Nc2ccccc2)N2C1=N[C@@H]1CCC[C@@H]12.CN=C1c2c(nn(Cc3ccc(-c4ccccc4)cc3)c2Nc2ccc(F)cc2)N2C(=NC3CCCC32)N1C. The van der Waals surface area contributed by atoms with Crippen molar-refractivity contribution < 1.29 is 30.7 Å². The van der Waals surface area contributed by atoms with Gasteiger partial charge in [-0.25, -0.2) is 60.6 Å². The van der Waals surface area contributed by atoms with Gasteiger partial charge in [0.05, 0.1) is 105 Å². The number of anilines is 12. The Morgan fingerprint density at radius 2 is 0.789 bits per heavy atom. The van der Waals surface area contributed by atoms with Crippen molar-refractivity contribution in [3.8, 4) is 11.1 Å². The number of hydrogen-bond donors (Lipinski definition) is 4. The van der Waals surface area contributed by atoms with E-state index in [-0.39, 0.29) is 46.8 Å². The maximum atomic E-state index is 13.7. The van der Waals surface area contributed by atoms with Gasteiger partial charge in [-0.2, -0.15) is 29.2 Å². The van der Waals surface area contributed by atoms with Crippen LogP contribution in [0.3, 0.4) is 0 Å². The summed E-state index contributed by atoms with van der Waals surface area (Å²) in [6.07, 6.45) is 11.6. The van der Waals surface area contributed by atoms with E-state index in [1.54, 1.807) is 42.5 Å². The minimum absolute atomic E-state index is 0.00311. The van der Waals surface area contributed by atoms with Crippen molar-refractivity contribution in [1.29, 1.82) is 0 Å². The van der Waals surface area contributed by atoms with Crippen molar-refractivity contribution >= 4 is 116 Å². The highest BCUT2D eigenvalue weighted by Crippen LogP contribution is 2.49. The summed E-state index contributed by atoms with van der Waals surface area (Å²) in [6.45, 7) is 11.1. The summed E-state index contributed by atoms with van der Waals surface area (Å²) in [4.78, 5) is 46.9. The van der Waals surface area contributed by atoms with Gasteiger partial charge in [-0.3, -0.25) is 34.5 Å². The number of hydrogen-bond acceptors (Lipinski definition) is 21. The molecule has 0 amide bonds. The minimum Gasteiger partial charge on any atom is -0.341 e. The molecule has 24 rings (SSSR count). The first-order chi connectivity index (χ1) is 68.5. The first-order valence-electron chi connectivity index (χ1n) is 48.7. The van der Waals surface area contributed by atoms with Gasteiger partial charge in [-0.15, -0.1) is 0 Å². The van der Waals surface area contributed by atoms with E-state index in [2.05, 4.69) is 142 Å². The second kappa shape index (κ2) is 38.0. The molecule has 4 N–H and O–H groups in total. The Labute approximate surface area is 826 Å². The number of thiocarbonyl (C=S) groups is 1. The maximum absolute atomic E-state index is 13.7. The topological polar surface area (TPSA) is 220 Å². The van der Waals surface area contributed by atoms with Crippen LogP contribution in [-0.4, -0.2) is 182 Å². The zero-order chi connectivity index (χ0) is 98.3. The monoisotopic (exact) mass is 1940 g/mol. The summed E-state index contributed by atoms with van der Waals surface area (Å²) < 4.78 is 104. The minimum atomic E-state index is -2.96. The van der Waals surface area contributed by atoms with Gasteiger partial charge in [-0.05, 0) is 164 Å². The number of para-hydroxylation sites is 3. The van der Waals surface area contributed by atoms with Crippen molar-refractivity contribution in [1.82, 2.24) is 63.7 Å². The van der Waals surface area contributed by atoms with Crippen molar-refractivity contribution in [2.45, 2.75) is 192 Å². The molecule has 7 atom stereocenters. The molecule has 2 unspecified atom stereocenters. The molecule has 3 aliphatic carbocycles. The fourth-order valence-corrected chi connectivity index (χ4v) is 21.4. The van der Waals surface area contributed by atoms with Crippen molar-refractivity contribution in [3.05, 3.63) is 304 Å². The van der Waals surface area contributed by atoms with Crippen LogP contribution >= 0.6 is 12.2 Å². The summed E-state index contributed by atoms with van der Waals surface area (Å²) in [5, 5.41) is 34.5. The predicted octanol–water partition coefficient (Wildman–Crippen LogP) is 21.6. The predicted molar refractivity (Wildman–Crippen MR) is 552 cm³/mol. The Balaban J connectivity index is 0.000000112. The second-order valence-electron chi connectivity index (χ2n) is 38.9. The van der Waals surface area contributed by atoms with Gasteiger partial charge in [0.2, 0.25) is 23.8 Å². The molecule has 13 heterocycles.